The maximum absolute atomic E-state index is 15.9. The van der Waals surface area contributed by atoms with Gasteiger partial charge in [0.25, 0.3) is 5.91 Å². The molecule has 7 aliphatic rings. The van der Waals surface area contributed by atoms with Crippen LogP contribution in [0.15, 0.2) is 67.8 Å². The number of hydrogen-bond donors (Lipinski definition) is 0. The monoisotopic (exact) mass is 1020 g/mol. The van der Waals surface area contributed by atoms with Crippen LogP contribution in [-0.2, 0) is 38.9 Å². The third-order valence-corrected chi connectivity index (χ3v) is 16.5. The average molecular weight is 1020 g/mol. The topological polar surface area (TPSA) is 159 Å². The van der Waals surface area contributed by atoms with Crippen molar-refractivity contribution in [2.45, 2.75) is 80.8 Å². The van der Waals surface area contributed by atoms with E-state index in [0.29, 0.717) is 63.0 Å². The van der Waals surface area contributed by atoms with Crippen LogP contribution in [0.5, 0.6) is 40.2 Å². The number of thioether (sulfide) groups is 1. The predicted molar refractivity (Wildman–Crippen MR) is 261 cm³/mol. The summed E-state index contributed by atoms with van der Waals surface area (Å²) in [4.78, 5) is 50.2. The van der Waals surface area contributed by atoms with Gasteiger partial charge in [0.1, 0.15) is 31.6 Å². The summed E-state index contributed by atoms with van der Waals surface area (Å²) in [5.74, 6) is 0.141. The molecule has 7 heterocycles. The lowest BCUT2D eigenvalue weighted by molar-refractivity contribution is -0.162. The maximum atomic E-state index is 15.9. The second-order valence-corrected chi connectivity index (χ2v) is 19.9. The highest BCUT2D eigenvalue weighted by atomic mass is 32.2. The highest BCUT2D eigenvalue weighted by Crippen LogP contribution is 2.65. The Balaban J connectivity index is 1.25. The molecule has 11 rings (SSSR count). The van der Waals surface area contributed by atoms with Crippen molar-refractivity contribution in [2.24, 2.45) is 0 Å². The zero-order chi connectivity index (χ0) is 51.8. The molecule has 2 fully saturated rings. The van der Waals surface area contributed by atoms with E-state index in [9.17, 15) is 23.2 Å². The zero-order valence-electron chi connectivity index (χ0n) is 41.1. The second-order valence-electron chi connectivity index (χ2n) is 18.8. The molecule has 0 unspecified atom stereocenters. The molecule has 1 amide bonds. The Hall–Kier alpha value is -6.88. The number of ether oxygens (including phenoxy) is 8. The van der Waals surface area contributed by atoms with Crippen molar-refractivity contribution >= 4 is 29.6 Å². The molecule has 2 saturated heterocycles. The third-order valence-electron chi connectivity index (χ3n) is 15.0. The molecular weight excluding hydrogens is 970 g/mol. The van der Waals surface area contributed by atoms with Crippen molar-refractivity contribution in [1.82, 2.24) is 14.7 Å². The largest absolute Gasteiger partial charge is 0.493 e. The molecule has 1 spiro atoms. The van der Waals surface area contributed by atoms with Crippen molar-refractivity contribution < 1.29 is 65.4 Å². The second kappa shape index (κ2) is 18.9. The number of rotatable bonds is 10. The van der Waals surface area contributed by atoms with Crippen LogP contribution in [0.25, 0.3) is 0 Å². The molecule has 0 radical (unpaired) electrons. The summed E-state index contributed by atoms with van der Waals surface area (Å²) in [6.45, 7) is 12.4. The van der Waals surface area contributed by atoms with Crippen LogP contribution < -0.4 is 33.2 Å². The SMILES string of the molecule is C=CCOc1cc2c(cc1OC)[C@@]1(CS[C@@H]3c4c(OC(C)=O)c(C)c5c(c4[C@H](COC1=O)N1[C@@H]3[C@@H]3c4c(cc(C)c(OC)c4OCC=C)C[C@@H]([C@@H]1C#N)N3C)OCO5)N(C(=O)c1ccc(C(F)(F)F)cc1)CC2. The molecule has 0 N–H and O–H groups in total. The quantitative estimate of drug-likeness (QED) is 0.0848. The number of carbonyl (C=O) groups excluding carboxylic acids is 3. The van der Waals surface area contributed by atoms with Crippen LogP contribution in [0.3, 0.4) is 0 Å². The molecule has 4 aromatic rings. The van der Waals surface area contributed by atoms with Gasteiger partial charge in [-0.05, 0) is 92.4 Å². The number of esters is 2. The van der Waals surface area contributed by atoms with E-state index in [4.69, 9.17) is 37.9 Å². The van der Waals surface area contributed by atoms with Gasteiger partial charge in [-0.1, -0.05) is 31.4 Å². The normalized spacial score (nSPS) is 24.7. The van der Waals surface area contributed by atoms with Gasteiger partial charge in [0.05, 0.1) is 43.2 Å². The van der Waals surface area contributed by atoms with Crippen LogP contribution in [0.1, 0.15) is 84.7 Å². The average Bonchev–Trinajstić information content (AvgIpc) is 3.88. The number of nitrogens with zero attached hydrogens (tertiary/aromatic N) is 4. The molecule has 7 atom stereocenters. The molecule has 0 aliphatic carbocycles. The number of aryl methyl sites for hydroxylation is 1. The number of hydrogen-bond acceptors (Lipinski definition) is 15. The molecule has 0 aromatic heterocycles. The fourth-order valence-corrected chi connectivity index (χ4v) is 13.8. The van der Waals surface area contributed by atoms with E-state index >= 15 is 9.59 Å². The van der Waals surface area contributed by atoms with Crippen LogP contribution in [0.2, 0.25) is 0 Å². The third kappa shape index (κ3) is 7.74. The van der Waals surface area contributed by atoms with Gasteiger partial charge >= 0.3 is 18.1 Å². The maximum Gasteiger partial charge on any atom is 0.416 e. The molecule has 15 nitrogen and oxygen atoms in total. The summed E-state index contributed by atoms with van der Waals surface area (Å²) in [6, 6.07) is 8.55. The van der Waals surface area contributed by atoms with Gasteiger partial charge in [0.2, 0.25) is 6.79 Å². The van der Waals surface area contributed by atoms with Crippen LogP contribution in [0, 0.1) is 25.2 Å². The van der Waals surface area contributed by atoms with Crippen LogP contribution in [-0.4, -0.2) is 111 Å². The minimum Gasteiger partial charge on any atom is -0.493 e. The number of likely N-dealkylation sites (N-methyl/N-ethyl adjacent to an activating group) is 1. The van der Waals surface area contributed by atoms with Gasteiger partial charge in [-0.15, -0.1) is 11.8 Å². The Morgan fingerprint density at radius 3 is 2.33 bits per heavy atom. The molecule has 7 aliphatic heterocycles. The number of nitriles is 1. The fourth-order valence-electron chi connectivity index (χ4n) is 12.0. The number of fused-ring (bicyclic) bond motifs is 9. The zero-order valence-corrected chi connectivity index (χ0v) is 41.9. The summed E-state index contributed by atoms with van der Waals surface area (Å²) >= 11 is 1.30. The minimum absolute atomic E-state index is 0.0630. The Bertz CT molecular complexity index is 3020. The van der Waals surface area contributed by atoms with Gasteiger partial charge in [-0.3, -0.25) is 19.4 Å². The first kappa shape index (κ1) is 49.7. The standard InChI is InChI=1S/C54H53F3N4O11S/c1-9-17-67-39-21-31-15-16-60(51(63)30-11-13-33(14-12-30)54(55,56)57)53(34(31)22-38(39)65-7)25-73-50-42-41(49-47(70-26-71-49)28(4)46(42)72-29(5)62)37(24-69-52(53)64)61-36(23-58)35-20-32-19-27(3)45(66-8)48(68-18-10-2)40(32)43(44(50)61)59(35)6/h9-14,19,21-22,35-37,43-44,50H,1-2,15-18,20,24-26H2,3-8H3/t35-,36-,37-,43-,44+,50+,53+/m0/s1. The first-order chi connectivity index (χ1) is 35.0. The summed E-state index contributed by atoms with van der Waals surface area (Å²) in [7, 11) is 5.00. The number of methoxy groups -OCH3 is 2. The number of alkyl halides is 3. The number of benzene rings is 4. The number of amides is 1. The lowest BCUT2D eigenvalue weighted by Gasteiger charge is -2.62. The van der Waals surface area contributed by atoms with Crippen LogP contribution >= 0.6 is 11.8 Å². The molecule has 4 bridgehead atoms. The Morgan fingerprint density at radius 2 is 1.66 bits per heavy atom. The fraction of sp³-hybridized carbons (Fsp3) is 0.407. The lowest BCUT2D eigenvalue weighted by atomic mass is 9.71. The molecule has 0 saturated carbocycles. The van der Waals surface area contributed by atoms with E-state index in [2.05, 4.69) is 35.1 Å². The van der Waals surface area contributed by atoms with Crippen molar-refractivity contribution in [3.05, 3.63) is 123 Å². The van der Waals surface area contributed by atoms with Gasteiger partial charge in [0, 0.05) is 59.1 Å². The van der Waals surface area contributed by atoms with Crippen LogP contribution in [0.4, 0.5) is 13.2 Å². The lowest BCUT2D eigenvalue weighted by Crippen LogP contribution is -2.69. The van der Waals surface area contributed by atoms with Gasteiger partial charge in [-0.25, -0.2) is 4.79 Å². The van der Waals surface area contributed by atoms with E-state index in [1.54, 1.807) is 38.3 Å². The van der Waals surface area contributed by atoms with Gasteiger partial charge in [0.15, 0.2) is 40.0 Å². The summed E-state index contributed by atoms with van der Waals surface area (Å²) in [6.07, 6.45) is -0.790. The predicted octanol–water partition coefficient (Wildman–Crippen LogP) is 8.28. The van der Waals surface area contributed by atoms with E-state index in [-0.39, 0.29) is 55.8 Å². The molecule has 73 heavy (non-hydrogen) atoms. The van der Waals surface area contributed by atoms with Gasteiger partial charge in [-0.2, -0.15) is 18.4 Å². The smallest absolute Gasteiger partial charge is 0.416 e. The summed E-state index contributed by atoms with van der Waals surface area (Å²) < 4.78 is 91.6. The van der Waals surface area contributed by atoms with E-state index in [1.807, 2.05) is 14.0 Å². The van der Waals surface area contributed by atoms with Crippen molar-refractivity contribution in [3.63, 3.8) is 0 Å². The highest BCUT2D eigenvalue weighted by molar-refractivity contribution is 7.99. The number of carbonyl (C=O) groups is 3. The van der Waals surface area contributed by atoms with E-state index in [0.717, 1.165) is 41.0 Å². The van der Waals surface area contributed by atoms with Crippen molar-refractivity contribution in [2.75, 3.05) is 60.2 Å². The molecule has 4 aromatic carbocycles. The minimum atomic E-state index is -4.67. The Morgan fingerprint density at radius 1 is 0.932 bits per heavy atom. The van der Waals surface area contributed by atoms with E-state index < -0.39 is 77.2 Å². The van der Waals surface area contributed by atoms with Gasteiger partial charge < -0.3 is 42.8 Å². The summed E-state index contributed by atoms with van der Waals surface area (Å²) in [5.41, 5.74) is 2.11. The molecule has 19 heteroatoms. The molecular formula is C54H53F3N4O11S. The first-order valence-electron chi connectivity index (χ1n) is 23.7. The Kier molecular flexibility index (Phi) is 12.8. The molecule has 382 valence electrons. The Labute approximate surface area is 424 Å². The first-order valence-corrected chi connectivity index (χ1v) is 24.8. The number of piperazine rings is 1. The van der Waals surface area contributed by atoms with E-state index in [1.165, 1.54) is 30.7 Å². The van der Waals surface area contributed by atoms with Crippen molar-refractivity contribution in [3.8, 4) is 46.3 Å². The number of halogens is 3. The van der Waals surface area contributed by atoms with Crippen molar-refractivity contribution in [1.29, 1.82) is 5.26 Å². The summed E-state index contributed by atoms with van der Waals surface area (Å²) in [5, 5.41) is 10.7. The highest BCUT2D eigenvalue weighted by Gasteiger charge is 2.63.